The van der Waals surface area contributed by atoms with Crippen LogP contribution in [0.2, 0.25) is 0 Å². The number of rotatable bonds is 6. The molecule has 0 spiro atoms. The van der Waals surface area contributed by atoms with E-state index in [-0.39, 0.29) is 0 Å². The third-order valence-corrected chi connectivity index (χ3v) is 5.46. The van der Waals surface area contributed by atoms with Crippen molar-refractivity contribution in [3.05, 3.63) is 30.4 Å². The highest BCUT2D eigenvalue weighted by Crippen LogP contribution is 2.32. The standard InChI is InChI=1S/C18H26N6O2/c1-24(10-16-14-8-13(25-2)5-6-15(14)21-22-16)11-17-20-18(23-26-17)12-4-3-7-19-9-12/h3-4,7,9,13-16,21-22H,5-6,8,10-11H2,1-2H3. The van der Waals surface area contributed by atoms with E-state index < -0.39 is 0 Å². The van der Waals surface area contributed by atoms with Crippen molar-refractivity contribution in [3.8, 4) is 11.4 Å². The number of ether oxygens (including phenoxy) is 1. The van der Waals surface area contributed by atoms with Crippen LogP contribution >= 0.6 is 0 Å². The molecule has 0 amide bonds. The number of methoxy groups -OCH3 is 1. The molecule has 4 unspecified atom stereocenters. The summed E-state index contributed by atoms with van der Waals surface area (Å²) in [5.74, 6) is 1.79. The molecule has 4 rings (SSSR count). The molecule has 8 nitrogen and oxygen atoms in total. The van der Waals surface area contributed by atoms with Gasteiger partial charge < -0.3 is 9.26 Å². The maximum atomic E-state index is 5.59. The zero-order chi connectivity index (χ0) is 17.9. The SMILES string of the molecule is COC1CCC2NNC(CN(C)Cc3nc(-c4cccnc4)no3)C2C1. The maximum Gasteiger partial charge on any atom is 0.241 e. The van der Waals surface area contributed by atoms with Crippen LogP contribution in [0, 0.1) is 5.92 Å². The van der Waals surface area contributed by atoms with Crippen LogP contribution in [-0.2, 0) is 11.3 Å². The largest absolute Gasteiger partial charge is 0.381 e. The zero-order valence-electron chi connectivity index (χ0n) is 15.3. The average molecular weight is 358 g/mol. The Hall–Kier alpha value is -1.87. The van der Waals surface area contributed by atoms with Crippen molar-refractivity contribution in [2.75, 3.05) is 20.7 Å². The van der Waals surface area contributed by atoms with Crippen molar-refractivity contribution in [2.24, 2.45) is 5.92 Å². The van der Waals surface area contributed by atoms with E-state index in [9.17, 15) is 0 Å². The highest BCUT2D eigenvalue weighted by Gasteiger charge is 2.40. The summed E-state index contributed by atoms with van der Waals surface area (Å²) in [6, 6.07) is 4.73. The molecule has 26 heavy (non-hydrogen) atoms. The second kappa shape index (κ2) is 7.79. The van der Waals surface area contributed by atoms with Gasteiger partial charge in [-0.1, -0.05) is 5.16 Å². The minimum absolute atomic E-state index is 0.378. The van der Waals surface area contributed by atoms with Crippen molar-refractivity contribution in [3.63, 3.8) is 0 Å². The van der Waals surface area contributed by atoms with E-state index in [1.165, 1.54) is 0 Å². The van der Waals surface area contributed by atoms with E-state index in [0.29, 0.717) is 42.4 Å². The number of pyridine rings is 1. The van der Waals surface area contributed by atoms with Gasteiger partial charge in [-0.25, -0.2) is 0 Å². The number of nitrogens with zero attached hydrogens (tertiary/aromatic N) is 4. The Kier molecular flexibility index (Phi) is 5.26. The van der Waals surface area contributed by atoms with E-state index in [1.54, 1.807) is 12.4 Å². The molecule has 0 radical (unpaired) electrons. The molecule has 140 valence electrons. The van der Waals surface area contributed by atoms with Crippen LogP contribution < -0.4 is 10.9 Å². The molecule has 0 bridgehead atoms. The molecule has 2 aliphatic rings. The fraction of sp³-hybridized carbons (Fsp3) is 0.611. The van der Waals surface area contributed by atoms with E-state index in [1.807, 2.05) is 19.2 Å². The van der Waals surface area contributed by atoms with Crippen molar-refractivity contribution >= 4 is 0 Å². The highest BCUT2D eigenvalue weighted by molar-refractivity contribution is 5.51. The molecular formula is C18H26N6O2. The Morgan fingerprint density at radius 2 is 2.27 bits per heavy atom. The Labute approximate surface area is 153 Å². The summed E-state index contributed by atoms with van der Waals surface area (Å²) in [5, 5.41) is 4.06. The molecule has 1 saturated carbocycles. The first-order valence-electron chi connectivity index (χ1n) is 9.18. The molecule has 2 fully saturated rings. The number of hydrazine groups is 1. The predicted molar refractivity (Wildman–Crippen MR) is 95.8 cm³/mol. The number of nitrogens with one attached hydrogen (secondary N) is 2. The smallest absolute Gasteiger partial charge is 0.241 e. The number of hydrogen-bond acceptors (Lipinski definition) is 8. The topological polar surface area (TPSA) is 88.3 Å². The molecule has 3 heterocycles. The molecule has 2 aromatic rings. The first-order chi connectivity index (χ1) is 12.7. The predicted octanol–water partition coefficient (Wildman–Crippen LogP) is 1.22. The van der Waals surface area contributed by atoms with Crippen LogP contribution in [0.4, 0.5) is 0 Å². The van der Waals surface area contributed by atoms with Gasteiger partial charge in [0.2, 0.25) is 11.7 Å². The second-order valence-electron chi connectivity index (χ2n) is 7.29. The lowest BCUT2D eigenvalue weighted by Gasteiger charge is -2.33. The highest BCUT2D eigenvalue weighted by atomic mass is 16.5. The van der Waals surface area contributed by atoms with Crippen LogP contribution in [0.3, 0.4) is 0 Å². The molecule has 1 saturated heterocycles. The summed E-state index contributed by atoms with van der Waals surface area (Å²) < 4.78 is 11.0. The monoisotopic (exact) mass is 358 g/mol. The van der Waals surface area contributed by atoms with E-state index in [0.717, 1.165) is 31.4 Å². The van der Waals surface area contributed by atoms with Gasteiger partial charge in [0.25, 0.3) is 0 Å². The summed E-state index contributed by atoms with van der Waals surface area (Å²) in [5.41, 5.74) is 7.79. The molecule has 2 N–H and O–H groups in total. The Morgan fingerprint density at radius 3 is 3.08 bits per heavy atom. The van der Waals surface area contributed by atoms with E-state index >= 15 is 0 Å². The van der Waals surface area contributed by atoms with Gasteiger partial charge in [0.15, 0.2) is 0 Å². The Balaban J connectivity index is 1.34. The van der Waals surface area contributed by atoms with Crippen LogP contribution in [0.15, 0.2) is 29.0 Å². The maximum absolute atomic E-state index is 5.59. The molecule has 8 heteroatoms. The Morgan fingerprint density at radius 1 is 1.35 bits per heavy atom. The van der Waals surface area contributed by atoms with Crippen LogP contribution in [-0.4, -0.2) is 58.9 Å². The van der Waals surface area contributed by atoms with Gasteiger partial charge in [0, 0.05) is 43.7 Å². The molecule has 1 aliphatic carbocycles. The number of fused-ring (bicyclic) bond motifs is 1. The molecule has 2 aromatic heterocycles. The summed E-state index contributed by atoms with van der Waals surface area (Å²) in [7, 11) is 3.90. The van der Waals surface area contributed by atoms with Crippen LogP contribution in [0.25, 0.3) is 11.4 Å². The van der Waals surface area contributed by atoms with Gasteiger partial charge in [0.05, 0.1) is 12.6 Å². The van der Waals surface area contributed by atoms with Gasteiger partial charge in [-0.05, 0) is 44.4 Å². The summed E-state index contributed by atoms with van der Waals surface area (Å²) in [6.07, 6.45) is 7.24. The van der Waals surface area contributed by atoms with Crippen molar-refractivity contribution in [1.29, 1.82) is 0 Å². The second-order valence-corrected chi connectivity index (χ2v) is 7.29. The molecular weight excluding hydrogens is 332 g/mol. The first-order valence-corrected chi connectivity index (χ1v) is 9.18. The summed E-state index contributed by atoms with van der Waals surface area (Å²) >= 11 is 0. The Bertz CT molecular complexity index is 709. The summed E-state index contributed by atoms with van der Waals surface area (Å²) in [4.78, 5) is 10.8. The molecule has 4 atom stereocenters. The lowest BCUT2D eigenvalue weighted by Crippen LogP contribution is -2.42. The van der Waals surface area contributed by atoms with Crippen molar-refractivity contribution < 1.29 is 9.26 Å². The number of aromatic nitrogens is 3. The summed E-state index contributed by atoms with van der Waals surface area (Å²) in [6.45, 7) is 1.53. The van der Waals surface area contributed by atoms with E-state index in [2.05, 4.69) is 37.9 Å². The van der Waals surface area contributed by atoms with Gasteiger partial charge in [-0.2, -0.15) is 4.98 Å². The van der Waals surface area contributed by atoms with E-state index in [4.69, 9.17) is 9.26 Å². The molecule has 1 aliphatic heterocycles. The van der Waals surface area contributed by atoms with Crippen molar-refractivity contribution in [2.45, 2.75) is 44.0 Å². The number of hydrogen-bond donors (Lipinski definition) is 2. The zero-order valence-corrected chi connectivity index (χ0v) is 15.3. The fourth-order valence-electron chi connectivity index (χ4n) is 4.07. The third-order valence-electron chi connectivity index (χ3n) is 5.46. The third kappa shape index (κ3) is 3.78. The van der Waals surface area contributed by atoms with Gasteiger partial charge >= 0.3 is 0 Å². The minimum Gasteiger partial charge on any atom is -0.381 e. The normalized spacial score (nSPS) is 28.4. The van der Waals surface area contributed by atoms with Gasteiger partial charge in [-0.3, -0.25) is 20.7 Å². The molecule has 0 aromatic carbocycles. The van der Waals surface area contributed by atoms with Gasteiger partial charge in [0.1, 0.15) is 0 Å². The van der Waals surface area contributed by atoms with Crippen molar-refractivity contribution in [1.82, 2.24) is 30.9 Å². The van der Waals surface area contributed by atoms with Crippen LogP contribution in [0.1, 0.15) is 25.2 Å². The average Bonchev–Trinajstić information content (AvgIpc) is 3.29. The van der Waals surface area contributed by atoms with Gasteiger partial charge in [-0.15, -0.1) is 0 Å². The minimum atomic E-state index is 0.378. The lowest BCUT2D eigenvalue weighted by atomic mass is 9.80. The number of likely N-dealkylation sites (N-methyl/N-ethyl adjacent to an activating group) is 1. The fourth-order valence-corrected chi connectivity index (χ4v) is 4.07. The quantitative estimate of drug-likeness (QED) is 0.797. The van der Waals surface area contributed by atoms with Crippen LogP contribution in [0.5, 0.6) is 0 Å². The lowest BCUT2D eigenvalue weighted by molar-refractivity contribution is 0.0417. The first kappa shape index (κ1) is 17.5.